The molecule has 1 aromatic heterocycles. The fraction of sp³-hybridized carbons (Fsp3) is 0.250. The van der Waals surface area contributed by atoms with E-state index in [-0.39, 0.29) is 0 Å². The molecule has 1 aliphatic heterocycles. The number of methoxy groups -OCH3 is 1. The minimum absolute atomic E-state index is 0.542. The van der Waals surface area contributed by atoms with Gasteiger partial charge >= 0.3 is 0 Å². The molecule has 1 aromatic carbocycles. The highest BCUT2D eigenvalue weighted by atomic mass is 16.5. The quantitative estimate of drug-likeness (QED) is 0.850. The average molecular weight is 231 g/mol. The molecule has 0 radical (unpaired) electrons. The largest absolute Gasteiger partial charge is 0.497 e. The van der Waals surface area contributed by atoms with Crippen LogP contribution < -0.4 is 10.5 Å². The van der Waals surface area contributed by atoms with E-state index < -0.39 is 0 Å². The maximum Gasteiger partial charge on any atom is 0.151 e. The predicted molar refractivity (Wildman–Crippen MR) is 63.0 cm³/mol. The molecular weight excluding hydrogens is 218 g/mol. The number of hydrogen-bond donors (Lipinski definition) is 1. The van der Waals surface area contributed by atoms with Crippen LogP contribution in [-0.2, 0) is 18.0 Å². The van der Waals surface area contributed by atoms with Gasteiger partial charge in [-0.15, -0.1) is 5.10 Å². The number of rotatable bonds is 2. The van der Waals surface area contributed by atoms with E-state index in [4.69, 9.17) is 15.2 Å². The van der Waals surface area contributed by atoms with Gasteiger partial charge in [0.05, 0.1) is 31.7 Å². The molecule has 0 spiro atoms. The van der Waals surface area contributed by atoms with Gasteiger partial charge in [-0.2, -0.15) is 0 Å². The number of ether oxygens (including phenoxy) is 2. The lowest BCUT2D eigenvalue weighted by Crippen LogP contribution is -2.02. The van der Waals surface area contributed by atoms with Crippen molar-refractivity contribution in [1.82, 2.24) is 9.78 Å². The second-order valence-corrected chi connectivity index (χ2v) is 3.92. The van der Waals surface area contributed by atoms with Crippen LogP contribution in [0.25, 0.3) is 5.69 Å². The zero-order chi connectivity index (χ0) is 11.8. The molecule has 0 fully saturated rings. The van der Waals surface area contributed by atoms with Gasteiger partial charge in [0.2, 0.25) is 0 Å². The fourth-order valence-electron chi connectivity index (χ4n) is 2.02. The Labute approximate surface area is 98.8 Å². The lowest BCUT2D eigenvalue weighted by molar-refractivity contribution is 0.131. The number of nitrogens with zero attached hydrogens (tertiary/aromatic N) is 2. The molecule has 0 saturated heterocycles. The summed E-state index contributed by atoms with van der Waals surface area (Å²) in [6.07, 6.45) is 0. The lowest BCUT2D eigenvalue weighted by atomic mass is 10.2. The lowest BCUT2D eigenvalue weighted by Gasteiger charge is -2.06. The smallest absolute Gasteiger partial charge is 0.151 e. The highest BCUT2D eigenvalue weighted by molar-refractivity contribution is 5.49. The van der Waals surface area contributed by atoms with Crippen molar-refractivity contribution in [3.8, 4) is 11.4 Å². The average Bonchev–Trinajstić information content (AvgIpc) is 2.94. The fourth-order valence-corrected chi connectivity index (χ4v) is 2.02. The van der Waals surface area contributed by atoms with Gasteiger partial charge in [0.1, 0.15) is 5.75 Å². The van der Waals surface area contributed by atoms with Gasteiger partial charge in [-0.25, -0.2) is 4.68 Å². The molecule has 17 heavy (non-hydrogen) atoms. The van der Waals surface area contributed by atoms with Crippen molar-refractivity contribution in [1.29, 1.82) is 0 Å². The van der Waals surface area contributed by atoms with E-state index in [1.807, 2.05) is 28.9 Å². The highest BCUT2D eigenvalue weighted by Crippen LogP contribution is 2.28. The van der Waals surface area contributed by atoms with Crippen LogP contribution in [0.5, 0.6) is 5.75 Å². The summed E-state index contributed by atoms with van der Waals surface area (Å²) in [5, 5.41) is 4.34. The van der Waals surface area contributed by atoms with Crippen LogP contribution in [0.3, 0.4) is 0 Å². The Balaban J connectivity index is 2.12. The van der Waals surface area contributed by atoms with Crippen molar-refractivity contribution >= 4 is 5.82 Å². The SMILES string of the molecule is COc1cccc(-n2nc(N)c3c2COC3)c1. The van der Waals surface area contributed by atoms with Gasteiger partial charge in [-0.05, 0) is 12.1 Å². The first-order chi connectivity index (χ1) is 8.29. The Morgan fingerprint density at radius 2 is 2.29 bits per heavy atom. The molecule has 1 aliphatic rings. The van der Waals surface area contributed by atoms with Crippen molar-refractivity contribution in [2.24, 2.45) is 0 Å². The van der Waals surface area contributed by atoms with Crippen LogP contribution in [-0.4, -0.2) is 16.9 Å². The Morgan fingerprint density at radius 3 is 3.12 bits per heavy atom. The summed E-state index contributed by atoms with van der Waals surface area (Å²) in [6, 6.07) is 7.71. The molecule has 88 valence electrons. The van der Waals surface area contributed by atoms with Gasteiger partial charge in [-0.1, -0.05) is 6.07 Å². The molecule has 0 atom stereocenters. The standard InChI is InChI=1S/C12H13N3O2/c1-16-9-4-2-3-8(5-9)15-11-7-17-6-10(11)12(13)14-15/h2-5H,6-7H2,1H3,(H2,13,14). The third-order valence-electron chi connectivity index (χ3n) is 2.90. The van der Waals surface area contributed by atoms with Crippen LogP contribution in [0.4, 0.5) is 5.82 Å². The Kier molecular flexibility index (Phi) is 2.26. The molecule has 0 bridgehead atoms. The topological polar surface area (TPSA) is 62.3 Å². The molecule has 5 nitrogen and oxygen atoms in total. The molecule has 0 amide bonds. The second kappa shape index (κ2) is 3.78. The number of nitrogen functional groups attached to an aromatic ring is 1. The third kappa shape index (κ3) is 1.55. The summed E-state index contributed by atoms with van der Waals surface area (Å²) in [5.74, 6) is 1.34. The van der Waals surface area contributed by atoms with E-state index in [0.29, 0.717) is 19.0 Å². The molecule has 0 aliphatic carbocycles. The molecule has 2 heterocycles. The second-order valence-electron chi connectivity index (χ2n) is 3.92. The van der Waals surface area contributed by atoms with Gasteiger partial charge in [0.15, 0.2) is 5.82 Å². The predicted octanol–water partition coefficient (Wildman–Crippen LogP) is 1.49. The first-order valence-electron chi connectivity index (χ1n) is 5.38. The van der Waals surface area contributed by atoms with Gasteiger partial charge in [-0.3, -0.25) is 0 Å². The number of fused-ring (bicyclic) bond motifs is 1. The minimum atomic E-state index is 0.542. The Bertz CT molecular complexity index is 563. The monoisotopic (exact) mass is 231 g/mol. The van der Waals surface area contributed by atoms with Crippen LogP contribution in [0.1, 0.15) is 11.3 Å². The number of aromatic nitrogens is 2. The normalized spacial score (nSPS) is 13.7. The Morgan fingerprint density at radius 1 is 1.41 bits per heavy atom. The van der Waals surface area contributed by atoms with E-state index in [2.05, 4.69) is 5.10 Å². The first-order valence-corrected chi connectivity index (χ1v) is 5.38. The van der Waals surface area contributed by atoms with Crippen molar-refractivity contribution in [3.05, 3.63) is 35.5 Å². The first kappa shape index (κ1) is 10.2. The van der Waals surface area contributed by atoms with Gasteiger partial charge < -0.3 is 15.2 Å². The van der Waals surface area contributed by atoms with Crippen LogP contribution in [0, 0.1) is 0 Å². The van der Waals surface area contributed by atoms with Crippen LogP contribution in [0.2, 0.25) is 0 Å². The van der Waals surface area contributed by atoms with E-state index >= 15 is 0 Å². The number of benzene rings is 1. The summed E-state index contributed by atoms with van der Waals surface area (Å²) in [5.41, 5.74) is 8.81. The van der Waals surface area contributed by atoms with E-state index in [0.717, 1.165) is 22.7 Å². The molecule has 5 heteroatoms. The zero-order valence-corrected chi connectivity index (χ0v) is 9.51. The summed E-state index contributed by atoms with van der Waals surface area (Å²) in [6.45, 7) is 1.10. The molecule has 0 saturated carbocycles. The summed E-state index contributed by atoms with van der Waals surface area (Å²) in [4.78, 5) is 0. The number of anilines is 1. The van der Waals surface area contributed by atoms with Crippen molar-refractivity contribution in [2.45, 2.75) is 13.2 Å². The molecule has 3 rings (SSSR count). The molecule has 0 unspecified atom stereocenters. The van der Waals surface area contributed by atoms with Crippen molar-refractivity contribution in [2.75, 3.05) is 12.8 Å². The van der Waals surface area contributed by atoms with Crippen molar-refractivity contribution in [3.63, 3.8) is 0 Å². The summed E-state index contributed by atoms with van der Waals surface area (Å²) in [7, 11) is 1.64. The Hall–Kier alpha value is -2.01. The van der Waals surface area contributed by atoms with Crippen molar-refractivity contribution < 1.29 is 9.47 Å². The summed E-state index contributed by atoms with van der Waals surface area (Å²) >= 11 is 0. The van der Waals surface area contributed by atoms with E-state index in [1.165, 1.54) is 0 Å². The molecule has 2 N–H and O–H groups in total. The summed E-state index contributed by atoms with van der Waals surface area (Å²) < 4.78 is 12.4. The third-order valence-corrected chi connectivity index (χ3v) is 2.90. The number of nitrogens with two attached hydrogens (primary N) is 1. The van der Waals surface area contributed by atoms with Crippen LogP contribution in [0.15, 0.2) is 24.3 Å². The van der Waals surface area contributed by atoms with Gasteiger partial charge in [0, 0.05) is 11.6 Å². The maximum atomic E-state index is 5.86. The van der Waals surface area contributed by atoms with E-state index in [1.54, 1.807) is 7.11 Å². The minimum Gasteiger partial charge on any atom is -0.497 e. The highest BCUT2D eigenvalue weighted by Gasteiger charge is 2.22. The molecular formula is C12H13N3O2. The van der Waals surface area contributed by atoms with Gasteiger partial charge in [0.25, 0.3) is 0 Å². The zero-order valence-electron chi connectivity index (χ0n) is 9.51. The van der Waals surface area contributed by atoms with E-state index in [9.17, 15) is 0 Å². The van der Waals surface area contributed by atoms with Crippen LogP contribution >= 0.6 is 0 Å². The maximum absolute atomic E-state index is 5.86. The number of hydrogen-bond acceptors (Lipinski definition) is 4. The molecule has 2 aromatic rings.